The molecule has 2 aromatic carbocycles. The fourth-order valence-electron chi connectivity index (χ4n) is 2.53. The first-order valence-electron chi connectivity index (χ1n) is 8.34. The van der Waals surface area contributed by atoms with Crippen LogP contribution in [0.1, 0.15) is 13.3 Å². The zero-order chi connectivity index (χ0) is 19.4. The number of benzene rings is 2. The minimum absolute atomic E-state index is 0.0803. The number of nitrogens with zero attached hydrogens (tertiary/aromatic N) is 2. The van der Waals surface area contributed by atoms with Crippen molar-refractivity contribution in [3.63, 3.8) is 0 Å². The second kappa shape index (κ2) is 9.37. The average Bonchev–Trinajstić information content (AvgIpc) is 2.65. The normalized spacial score (nSPS) is 18.6. The molecule has 1 saturated heterocycles. The molecule has 0 bridgehead atoms. The summed E-state index contributed by atoms with van der Waals surface area (Å²) in [6, 6.07) is 15.3. The molecular formula is C19H17I2N3O2S. The zero-order valence-corrected chi connectivity index (χ0v) is 19.6. The largest absolute Gasteiger partial charge is 0.325 e. The third-order valence-corrected chi connectivity index (χ3v) is 6.54. The van der Waals surface area contributed by atoms with Crippen LogP contribution >= 0.6 is 56.9 Å². The molecule has 2 aromatic rings. The highest BCUT2D eigenvalue weighted by atomic mass is 127. The summed E-state index contributed by atoms with van der Waals surface area (Å²) < 4.78 is 2.21. The molecular weight excluding hydrogens is 588 g/mol. The van der Waals surface area contributed by atoms with Crippen molar-refractivity contribution in [2.75, 3.05) is 11.9 Å². The van der Waals surface area contributed by atoms with E-state index < -0.39 is 5.25 Å². The van der Waals surface area contributed by atoms with Gasteiger partial charge in [-0.1, -0.05) is 11.8 Å². The Hall–Kier alpha value is -1.14. The summed E-state index contributed by atoms with van der Waals surface area (Å²) in [6.45, 7) is 2.44. The van der Waals surface area contributed by atoms with Crippen LogP contribution in [0.2, 0.25) is 0 Å². The first-order valence-corrected chi connectivity index (χ1v) is 11.4. The van der Waals surface area contributed by atoms with E-state index in [0.29, 0.717) is 11.7 Å². The van der Waals surface area contributed by atoms with E-state index in [4.69, 9.17) is 0 Å². The van der Waals surface area contributed by atoms with Crippen molar-refractivity contribution in [3.8, 4) is 0 Å². The maximum Gasteiger partial charge on any atom is 0.238 e. The van der Waals surface area contributed by atoms with Gasteiger partial charge in [0.25, 0.3) is 0 Å². The van der Waals surface area contributed by atoms with Crippen molar-refractivity contribution >= 4 is 85.3 Å². The molecule has 0 aromatic heterocycles. The quantitative estimate of drug-likeness (QED) is 0.506. The van der Waals surface area contributed by atoms with Crippen LogP contribution in [0.3, 0.4) is 0 Å². The molecule has 1 heterocycles. The van der Waals surface area contributed by atoms with Gasteiger partial charge in [0, 0.05) is 25.8 Å². The number of carbonyl (C=O) groups is 2. The molecule has 140 valence electrons. The Morgan fingerprint density at radius 3 is 2.33 bits per heavy atom. The Balaban J connectivity index is 1.79. The van der Waals surface area contributed by atoms with Gasteiger partial charge in [-0.15, -0.1) is 0 Å². The minimum Gasteiger partial charge on any atom is -0.325 e. The lowest BCUT2D eigenvalue weighted by molar-refractivity contribution is -0.129. The Labute approximate surface area is 189 Å². The molecule has 1 aliphatic heterocycles. The maximum absolute atomic E-state index is 12.7. The summed E-state index contributed by atoms with van der Waals surface area (Å²) in [5, 5.41) is 2.96. The van der Waals surface area contributed by atoms with Crippen molar-refractivity contribution in [1.82, 2.24) is 4.90 Å². The number of halogens is 2. The van der Waals surface area contributed by atoms with Crippen molar-refractivity contribution in [3.05, 3.63) is 55.7 Å². The molecule has 1 N–H and O–H groups in total. The highest BCUT2D eigenvalue weighted by Crippen LogP contribution is 2.30. The Morgan fingerprint density at radius 2 is 1.74 bits per heavy atom. The number of hydrogen-bond donors (Lipinski definition) is 1. The van der Waals surface area contributed by atoms with Crippen molar-refractivity contribution in [1.29, 1.82) is 0 Å². The first-order chi connectivity index (χ1) is 13.0. The van der Waals surface area contributed by atoms with E-state index in [1.807, 2.05) is 55.5 Å². The molecule has 0 saturated carbocycles. The van der Waals surface area contributed by atoms with Crippen molar-refractivity contribution in [2.24, 2.45) is 4.99 Å². The number of nitrogens with one attached hydrogen (secondary N) is 1. The van der Waals surface area contributed by atoms with E-state index in [9.17, 15) is 9.59 Å². The second-order valence-electron chi connectivity index (χ2n) is 5.82. The molecule has 1 atom stereocenters. The molecule has 8 heteroatoms. The lowest BCUT2D eigenvalue weighted by Gasteiger charge is -2.30. The molecule has 1 fully saturated rings. The number of aliphatic imine (C=N–C) groups is 1. The van der Waals surface area contributed by atoms with E-state index in [0.717, 1.165) is 18.5 Å². The van der Waals surface area contributed by atoms with Crippen LogP contribution in [-0.2, 0) is 9.59 Å². The van der Waals surface area contributed by atoms with Gasteiger partial charge in [-0.3, -0.25) is 14.5 Å². The summed E-state index contributed by atoms with van der Waals surface area (Å²) >= 11 is 5.79. The highest BCUT2D eigenvalue weighted by Gasteiger charge is 2.35. The SMILES string of the molecule is CCN1C(=O)CC(C(=O)Nc2ccc(I)cc2)SC1=Nc1ccc(I)cc1. The average molecular weight is 605 g/mol. The molecule has 27 heavy (non-hydrogen) atoms. The van der Waals surface area contributed by atoms with Gasteiger partial charge in [-0.2, -0.15) is 0 Å². The lowest BCUT2D eigenvalue weighted by atomic mass is 10.2. The number of rotatable bonds is 4. The van der Waals surface area contributed by atoms with E-state index in [1.54, 1.807) is 4.90 Å². The van der Waals surface area contributed by atoms with Gasteiger partial charge in [0.2, 0.25) is 11.8 Å². The summed E-state index contributed by atoms with van der Waals surface area (Å²) in [6.07, 6.45) is 0.167. The van der Waals surface area contributed by atoms with Crippen molar-refractivity contribution in [2.45, 2.75) is 18.6 Å². The fourth-order valence-corrected chi connectivity index (χ4v) is 4.42. The Bertz CT molecular complexity index is 870. The standard InChI is InChI=1S/C19H17I2N3O2S/c1-2-24-17(25)11-16(18(26)22-14-7-3-12(20)4-8-14)27-19(24)23-15-9-5-13(21)6-10-15/h3-10,16H,2,11H2,1H3,(H,22,26). The van der Waals surface area contributed by atoms with E-state index >= 15 is 0 Å². The number of carbonyl (C=O) groups excluding carboxylic acids is 2. The first kappa shape index (κ1) is 20.6. The zero-order valence-electron chi connectivity index (χ0n) is 14.5. The van der Waals surface area contributed by atoms with Gasteiger partial charge in [-0.25, -0.2) is 4.99 Å². The van der Waals surface area contributed by atoms with Crippen LogP contribution < -0.4 is 5.32 Å². The summed E-state index contributed by atoms with van der Waals surface area (Å²) in [7, 11) is 0. The van der Waals surface area contributed by atoms with Gasteiger partial charge >= 0.3 is 0 Å². The fraction of sp³-hybridized carbons (Fsp3) is 0.211. The van der Waals surface area contributed by atoms with E-state index in [1.165, 1.54) is 11.8 Å². The van der Waals surface area contributed by atoms with Gasteiger partial charge in [-0.05, 0) is 101 Å². The van der Waals surface area contributed by atoms with Crippen LogP contribution in [0.4, 0.5) is 11.4 Å². The number of thioether (sulfide) groups is 1. The molecule has 0 radical (unpaired) electrons. The van der Waals surface area contributed by atoms with Gasteiger partial charge in [0.05, 0.1) is 5.69 Å². The molecule has 1 aliphatic rings. The van der Waals surface area contributed by atoms with Crippen LogP contribution in [0, 0.1) is 7.14 Å². The van der Waals surface area contributed by atoms with Crippen molar-refractivity contribution < 1.29 is 9.59 Å². The minimum atomic E-state index is -0.498. The molecule has 5 nitrogen and oxygen atoms in total. The van der Waals surface area contributed by atoms with Crippen LogP contribution in [0.25, 0.3) is 0 Å². The predicted molar refractivity (Wildman–Crippen MR) is 127 cm³/mol. The third-order valence-electron chi connectivity index (χ3n) is 3.91. The van der Waals surface area contributed by atoms with Crippen LogP contribution in [0.5, 0.6) is 0 Å². The molecule has 1 unspecified atom stereocenters. The summed E-state index contributed by atoms with van der Waals surface area (Å²) in [5.41, 5.74) is 1.49. The predicted octanol–water partition coefficient (Wildman–Crippen LogP) is 4.88. The molecule has 0 spiro atoms. The summed E-state index contributed by atoms with van der Waals surface area (Å²) in [4.78, 5) is 31.5. The molecule has 2 amide bonds. The monoisotopic (exact) mass is 605 g/mol. The van der Waals surface area contributed by atoms with E-state index in [2.05, 4.69) is 55.5 Å². The van der Waals surface area contributed by atoms with Crippen LogP contribution in [0.15, 0.2) is 53.5 Å². The smallest absolute Gasteiger partial charge is 0.238 e. The van der Waals surface area contributed by atoms with E-state index in [-0.39, 0.29) is 18.2 Å². The van der Waals surface area contributed by atoms with Gasteiger partial charge in [0.15, 0.2) is 5.17 Å². The highest BCUT2D eigenvalue weighted by molar-refractivity contribution is 14.1. The lowest BCUT2D eigenvalue weighted by Crippen LogP contribution is -2.45. The van der Waals surface area contributed by atoms with Gasteiger partial charge < -0.3 is 5.32 Å². The number of hydrogen-bond acceptors (Lipinski definition) is 4. The summed E-state index contributed by atoms with van der Waals surface area (Å²) in [5.74, 6) is -0.260. The number of anilines is 1. The molecule has 3 rings (SSSR count). The number of amides is 2. The topological polar surface area (TPSA) is 61.8 Å². The second-order valence-corrected chi connectivity index (χ2v) is 9.48. The number of amidine groups is 1. The van der Waals surface area contributed by atoms with Gasteiger partial charge in [0.1, 0.15) is 5.25 Å². The molecule has 0 aliphatic carbocycles. The Kier molecular flexibility index (Phi) is 7.15. The Morgan fingerprint density at radius 1 is 1.15 bits per heavy atom. The third kappa shape index (κ3) is 5.44. The maximum atomic E-state index is 12.7. The van der Waals surface area contributed by atoms with Crippen LogP contribution in [-0.4, -0.2) is 33.7 Å².